The van der Waals surface area contributed by atoms with E-state index in [0.29, 0.717) is 0 Å². The lowest BCUT2D eigenvalue weighted by molar-refractivity contribution is 0.483. The molecule has 0 amide bonds. The fraction of sp³-hybridized carbons (Fsp3) is 0. The molecule has 0 atom stereocenters. The Labute approximate surface area is 96.1 Å². The molecule has 0 saturated carbocycles. The highest BCUT2D eigenvalue weighted by Gasteiger charge is 2.07. The summed E-state index contributed by atoms with van der Waals surface area (Å²) in [5.41, 5.74) is 0. The van der Waals surface area contributed by atoms with Gasteiger partial charge < -0.3 is 0 Å². The molecular weight excluding hydrogens is 359 g/mol. The number of halogens is 2. The van der Waals surface area contributed by atoms with Gasteiger partial charge in [-0.2, -0.15) is 8.42 Å². The van der Waals surface area contributed by atoms with Crippen LogP contribution in [0, 0.1) is 0 Å². The van der Waals surface area contributed by atoms with Crippen LogP contribution in [0.5, 0.6) is 0 Å². The summed E-state index contributed by atoms with van der Waals surface area (Å²) in [5, 5.41) is 0. The molecule has 0 aliphatic heterocycles. The molecule has 0 unspecified atom stereocenters. The summed E-state index contributed by atoms with van der Waals surface area (Å²) in [5.74, 6) is 0. The largest absolute Gasteiger partial charge is 0.294 e. The van der Waals surface area contributed by atoms with Crippen LogP contribution in [0.3, 0.4) is 0 Å². The second-order valence-electron chi connectivity index (χ2n) is 1.93. The van der Waals surface area contributed by atoms with Gasteiger partial charge in [0.05, 0.1) is 4.90 Å². The zero-order valence-corrected chi connectivity index (χ0v) is 10.5. The van der Waals surface area contributed by atoms with Crippen molar-refractivity contribution in [1.82, 2.24) is 0 Å². The fourth-order valence-corrected chi connectivity index (χ4v) is 1.35. The highest BCUT2D eigenvalue weighted by molar-refractivity contribution is 14.0. The quantitative estimate of drug-likeness (QED) is 0.614. The van der Waals surface area contributed by atoms with E-state index in [1.54, 1.807) is 12.1 Å². The average Bonchev–Trinajstić information content (AvgIpc) is 1.86. The minimum atomic E-state index is -4.04. The molecule has 0 aromatic heterocycles. The minimum absolute atomic E-state index is 0. The van der Waals surface area contributed by atoms with Crippen LogP contribution < -0.4 is 0 Å². The van der Waals surface area contributed by atoms with Gasteiger partial charge in [-0.3, -0.25) is 4.55 Å². The molecule has 0 fully saturated rings. The monoisotopic (exact) mass is 364 g/mol. The first-order chi connectivity index (χ1) is 5.00. The Morgan fingerprint density at radius 2 is 1.58 bits per heavy atom. The third kappa shape index (κ3) is 3.38. The molecule has 0 radical (unpaired) electrons. The summed E-state index contributed by atoms with van der Waals surface area (Å²) in [6.07, 6.45) is 0. The van der Waals surface area contributed by atoms with Gasteiger partial charge in [-0.1, -0.05) is 15.9 Å². The van der Waals surface area contributed by atoms with Gasteiger partial charge in [0.25, 0.3) is 10.1 Å². The van der Waals surface area contributed by atoms with E-state index in [4.69, 9.17) is 4.55 Å². The first-order valence-electron chi connectivity index (χ1n) is 2.73. The maximum atomic E-state index is 10.5. The Balaban J connectivity index is 0.00000121. The van der Waals surface area contributed by atoms with Crippen LogP contribution in [0.4, 0.5) is 0 Å². The third-order valence-electron chi connectivity index (χ3n) is 1.11. The molecule has 1 N–H and O–H groups in total. The Bertz CT molecular complexity index is 346. The summed E-state index contributed by atoms with van der Waals surface area (Å²) in [6.45, 7) is 0. The highest BCUT2D eigenvalue weighted by Crippen LogP contribution is 2.13. The lowest BCUT2D eigenvalue weighted by Gasteiger charge is -1.94. The molecule has 0 bridgehead atoms. The maximum Gasteiger partial charge on any atom is 0.294 e. The van der Waals surface area contributed by atoms with Crippen LogP contribution in [0.2, 0.25) is 0 Å². The predicted octanol–water partition coefficient (Wildman–Crippen LogP) is 2.31. The Morgan fingerprint density at radius 3 is 1.92 bits per heavy atom. The van der Waals surface area contributed by atoms with Gasteiger partial charge in [-0.05, 0) is 24.3 Å². The predicted molar refractivity (Wildman–Crippen MR) is 59.4 cm³/mol. The molecule has 6 heteroatoms. The van der Waals surface area contributed by atoms with E-state index in [1.165, 1.54) is 12.1 Å². The standard InChI is InChI=1S/C6H5BrO3S.HI/c7-5-1-3-6(4-2-5)11(8,9)10;/h1-4H,(H,8,9,10);1H. The summed E-state index contributed by atoms with van der Waals surface area (Å²) in [7, 11) is -4.04. The average molecular weight is 365 g/mol. The van der Waals surface area contributed by atoms with Crippen molar-refractivity contribution in [2.45, 2.75) is 4.90 Å². The van der Waals surface area contributed by atoms with Crippen LogP contribution in [0.1, 0.15) is 0 Å². The molecule has 0 spiro atoms. The van der Waals surface area contributed by atoms with E-state index in [0.717, 1.165) is 4.47 Å². The van der Waals surface area contributed by atoms with Gasteiger partial charge in [0.2, 0.25) is 0 Å². The smallest absolute Gasteiger partial charge is 0.282 e. The molecule has 1 aromatic carbocycles. The number of rotatable bonds is 1. The summed E-state index contributed by atoms with van der Waals surface area (Å²) >= 11 is 3.14. The minimum Gasteiger partial charge on any atom is -0.282 e. The van der Waals surface area contributed by atoms with Crippen molar-refractivity contribution in [3.63, 3.8) is 0 Å². The highest BCUT2D eigenvalue weighted by atomic mass is 127. The van der Waals surface area contributed by atoms with Crippen molar-refractivity contribution in [3.8, 4) is 0 Å². The summed E-state index contributed by atoms with van der Waals surface area (Å²) in [6, 6.07) is 5.73. The van der Waals surface area contributed by atoms with Crippen molar-refractivity contribution in [3.05, 3.63) is 28.7 Å². The summed E-state index contributed by atoms with van der Waals surface area (Å²) in [4.78, 5) is -0.0966. The van der Waals surface area contributed by atoms with E-state index in [9.17, 15) is 8.42 Å². The van der Waals surface area contributed by atoms with Crippen molar-refractivity contribution in [2.75, 3.05) is 0 Å². The first-order valence-corrected chi connectivity index (χ1v) is 4.96. The fourth-order valence-electron chi connectivity index (χ4n) is 0.607. The van der Waals surface area contributed by atoms with E-state index >= 15 is 0 Å². The van der Waals surface area contributed by atoms with Gasteiger partial charge >= 0.3 is 0 Å². The molecule has 12 heavy (non-hydrogen) atoms. The van der Waals surface area contributed by atoms with Gasteiger partial charge in [-0.25, -0.2) is 0 Å². The van der Waals surface area contributed by atoms with Gasteiger partial charge in [0.15, 0.2) is 0 Å². The molecule has 0 saturated heterocycles. The molecule has 1 rings (SSSR count). The molecule has 3 nitrogen and oxygen atoms in total. The van der Waals surface area contributed by atoms with E-state index < -0.39 is 10.1 Å². The Morgan fingerprint density at radius 1 is 1.17 bits per heavy atom. The second kappa shape index (κ2) is 4.54. The zero-order chi connectivity index (χ0) is 8.48. The SMILES string of the molecule is I.O=S(=O)(O)c1ccc(Br)cc1. The number of hydrogen-bond donors (Lipinski definition) is 1. The van der Waals surface area contributed by atoms with Crippen LogP contribution in [0.25, 0.3) is 0 Å². The molecule has 0 aliphatic carbocycles. The van der Waals surface area contributed by atoms with E-state index in [2.05, 4.69) is 15.9 Å². The van der Waals surface area contributed by atoms with Crippen molar-refractivity contribution >= 4 is 50.0 Å². The van der Waals surface area contributed by atoms with Crippen LogP contribution in [0.15, 0.2) is 33.6 Å². The number of benzene rings is 1. The topological polar surface area (TPSA) is 54.4 Å². The Hall–Kier alpha value is 0.340. The number of hydrogen-bond acceptors (Lipinski definition) is 2. The molecule has 0 aliphatic rings. The lowest BCUT2D eigenvalue weighted by atomic mass is 10.4. The zero-order valence-electron chi connectivity index (χ0n) is 5.77. The first kappa shape index (κ1) is 12.3. The lowest BCUT2D eigenvalue weighted by Crippen LogP contribution is -1.96. The van der Waals surface area contributed by atoms with Crippen molar-refractivity contribution in [1.29, 1.82) is 0 Å². The van der Waals surface area contributed by atoms with Gasteiger partial charge in [0, 0.05) is 4.47 Å². The summed E-state index contributed by atoms with van der Waals surface area (Å²) < 4.78 is 30.3. The molecule has 0 heterocycles. The maximum absolute atomic E-state index is 10.5. The third-order valence-corrected chi connectivity index (χ3v) is 2.51. The van der Waals surface area contributed by atoms with E-state index in [-0.39, 0.29) is 28.9 Å². The molecule has 68 valence electrons. The van der Waals surface area contributed by atoms with E-state index in [1.807, 2.05) is 0 Å². The van der Waals surface area contributed by atoms with Crippen molar-refractivity contribution < 1.29 is 13.0 Å². The Kier molecular flexibility index (Phi) is 4.67. The second-order valence-corrected chi connectivity index (χ2v) is 4.27. The van der Waals surface area contributed by atoms with Gasteiger partial charge in [0.1, 0.15) is 0 Å². The van der Waals surface area contributed by atoms with Crippen molar-refractivity contribution in [2.24, 2.45) is 0 Å². The molecule has 1 aromatic rings. The normalized spacial score (nSPS) is 10.5. The molecular formula is C6H6BrIO3S. The van der Waals surface area contributed by atoms with Crippen LogP contribution in [-0.2, 0) is 10.1 Å². The van der Waals surface area contributed by atoms with Crippen LogP contribution in [-0.4, -0.2) is 13.0 Å². The van der Waals surface area contributed by atoms with Crippen LogP contribution >= 0.6 is 39.9 Å². The van der Waals surface area contributed by atoms with Gasteiger partial charge in [-0.15, -0.1) is 24.0 Å².